The van der Waals surface area contributed by atoms with Crippen LogP contribution in [0.15, 0.2) is 61.2 Å². The number of likely N-dealkylation sites (N-methyl/N-ethyl adjacent to an activating group) is 1. The molecule has 0 spiro atoms. The third-order valence-electron chi connectivity index (χ3n) is 7.91. The quantitative estimate of drug-likeness (QED) is 0.198. The maximum atomic E-state index is 14.8. The van der Waals surface area contributed by atoms with Gasteiger partial charge in [-0.1, -0.05) is 0 Å². The lowest BCUT2D eigenvalue weighted by atomic mass is 10.1. The Bertz CT molecular complexity index is 2030. The number of pyridine rings is 3. The molecule has 6 heterocycles. The predicted octanol–water partition coefficient (Wildman–Crippen LogP) is 4.74. The zero-order valence-corrected chi connectivity index (χ0v) is 25.5. The summed E-state index contributed by atoms with van der Waals surface area (Å²) in [4.78, 5) is 37.9. The van der Waals surface area contributed by atoms with Crippen LogP contribution in [-0.2, 0) is 4.79 Å². The predicted molar refractivity (Wildman–Crippen MR) is 174 cm³/mol. The van der Waals surface area contributed by atoms with Crippen molar-refractivity contribution in [3.05, 3.63) is 67.0 Å². The molecule has 0 saturated carbocycles. The number of H-pyrrole nitrogens is 2. The lowest BCUT2D eigenvalue weighted by molar-refractivity contribution is -0.116. The highest BCUT2D eigenvalue weighted by Crippen LogP contribution is 2.33. The summed E-state index contributed by atoms with van der Waals surface area (Å²) in [5, 5.41) is 11.0. The van der Waals surface area contributed by atoms with Crippen molar-refractivity contribution < 1.29 is 13.9 Å². The van der Waals surface area contributed by atoms with Gasteiger partial charge in [-0.15, -0.1) is 0 Å². The number of hydrogen-bond donors (Lipinski definition) is 3. The number of aromatic amines is 2. The minimum absolute atomic E-state index is 0.132. The summed E-state index contributed by atoms with van der Waals surface area (Å²) in [6, 6.07) is 10.4. The number of aromatic nitrogens is 7. The number of hydrogen-bond acceptors (Lipinski definition) is 9. The third kappa shape index (κ3) is 6.28. The molecule has 1 fully saturated rings. The molecule has 13 heteroatoms. The molecule has 1 aromatic carbocycles. The molecule has 0 bridgehead atoms. The van der Waals surface area contributed by atoms with E-state index in [0.29, 0.717) is 51.9 Å². The smallest absolute Gasteiger partial charge is 0.238 e. The van der Waals surface area contributed by atoms with Gasteiger partial charge in [0.05, 0.1) is 29.3 Å². The minimum Gasteiger partial charge on any atom is -0.492 e. The van der Waals surface area contributed by atoms with E-state index in [2.05, 4.69) is 40.3 Å². The van der Waals surface area contributed by atoms with Gasteiger partial charge in [0.15, 0.2) is 17.1 Å². The molecule has 3 N–H and O–H groups in total. The van der Waals surface area contributed by atoms with Crippen molar-refractivity contribution in [3.8, 4) is 39.5 Å². The van der Waals surface area contributed by atoms with Gasteiger partial charge < -0.3 is 19.9 Å². The first-order valence-corrected chi connectivity index (χ1v) is 15.1. The average Bonchev–Trinajstić information content (AvgIpc) is 3.80. The number of nitrogens with one attached hydrogen (secondary N) is 3. The van der Waals surface area contributed by atoms with Gasteiger partial charge in [0.2, 0.25) is 5.91 Å². The largest absolute Gasteiger partial charge is 0.492 e. The summed E-state index contributed by atoms with van der Waals surface area (Å²) in [5.74, 6) is 0.477. The molecule has 5 aromatic heterocycles. The SMILES string of the molecule is CN(C)CC(=O)Nc1cncc(-c2cnc3n[nH]c(-c4nc5nccc(-c6cc(F)cc(OCCN7CCCC7)c6)c5[nH]4)c3c2)c1. The summed E-state index contributed by atoms with van der Waals surface area (Å²) in [6.07, 6.45) is 9.11. The van der Waals surface area contributed by atoms with Crippen LogP contribution < -0.4 is 10.1 Å². The zero-order chi connectivity index (χ0) is 31.6. The number of carbonyl (C=O) groups is 1. The fourth-order valence-electron chi connectivity index (χ4n) is 5.76. The first-order chi connectivity index (χ1) is 22.4. The topological polar surface area (TPSA) is 141 Å². The number of ether oxygens (including phenoxy) is 1. The first-order valence-electron chi connectivity index (χ1n) is 15.1. The molecule has 0 atom stereocenters. The number of nitrogens with zero attached hydrogens (tertiary/aromatic N) is 7. The van der Waals surface area contributed by atoms with E-state index in [9.17, 15) is 9.18 Å². The molecule has 1 saturated heterocycles. The average molecular weight is 621 g/mol. The second kappa shape index (κ2) is 12.6. The number of rotatable bonds is 10. The Morgan fingerprint density at radius 3 is 2.72 bits per heavy atom. The van der Waals surface area contributed by atoms with E-state index < -0.39 is 0 Å². The van der Waals surface area contributed by atoms with E-state index in [0.717, 1.165) is 41.7 Å². The maximum absolute atomic E-state index is 14.8. The minimum atomic E-state index is -0.382. The molecule has 46 heavy (non-hydrogen) atoms. The number of anilines is 1. The Morgan fingerprint density at radius 2 is 1.87 bits per heavy atom. The highest BCUT2D eigenvalue weighted by molar-refractivity contribution is 5.96. The van der Waals surface area contributed by atoms with Crippen molar-refractivity contribution in [2.45, 2.75) is 12.8 Å². The van der Waals surface area contributed by atoms with Gasteiger partial charge in [-0.05, 0) is 75.9 Å². The van der Waals surface area contributed by atoms with Crippen molar-refractivity contribution in [1.82, 2.24) is 44.9 Å². The van der Waals surface area contributed by atoms with Gasteiger partial charge >= 0.3 is 0 Å². The maximum Gasteiger partial charge on any atom is 0.238 e. The second-order valence-corrected chi connectivity index (χ2v) is 11.7. The molecule has 12 nitrogen and oxygen atoms in total. The number of carbonyl (C=O) groups excluding carboxylic acids is 1. The zero-order valence-electron chi connectivity index (χ0n) is 25.5. The third-order valence-corrected chi connectivity index (χ3v) is 7.91. The van der Waals surface area contributed by atoms with Crippen molar-refractivity contribution in [1.29, 1.82) is 0 Å². The number of halogens is 1. The van der Waals surface area contributed by atoms with Crippen molar-refractivity contribution >= 4 is 33.8 Å². The fourth-order valence-corrected chi connectivity index (χ4v) is 5.76. The molecule has 1 aliphatic heterocycles. The van der Waals surface area contributed by atoms with E-state index >= 15 is 0 Å². The van der Waals surface area contributed by atoms with E-state index in [1.165, 1.54) is 25.0 Å². The number of imidazole rings is 1. The van der Waals surface area contributed by atoms with Gasteiger partial charge in [-0.3, -0.25) is 19.8 Å². The number of fused-ring (bicyclic) bond motifs is 2. The van der Waals surface area contributed by atoms with Crippen LogP contribution in [-0.4, -0.2) is 97.7 Å². The fraction of sp³-hybridized carbons (Fsp3) is 0.273. The Morgan fingerprint density at radius 1 is 1.02 bits per heavy atom. The second-order valence-electron chi connectivity index (χ2n) is 11.7. The molecule has 0 radical (unpaired) electrons. The van der Waals surface area contributed by atoms with Crippen molar-refractivity contribution in [2.24, 2.45) is 0 Å². The van der Waals surface area contributed by atoms with Gasteiger partial charge in [-0.2, -0.15) is 5.10 Å². The summed E-state index contributed by atoms with van der Waals surface area (Å²) in [5.41, 5.74) is 5.83. The molecule has 0 unspecified atom stereocenters. The van der Waals surface area contributed by atoms with Crippen LogP contribution in [0.1, 0.15) is 12.8 Å². The summed E-state index contributed by atoms with van der Waals surface area (Å²) >= 11 is 0. The Hall–Kier alpha value is -5.27. The highest BCUT2D eigenvalue weighted by atomic mass is 19.1. The monoisotopic (exact) mass is 620 g/mol. The molecular formula is C33H33FN10O2. The van der Waals surface area contributed by atoms with E-state index in [-0.39, 0.29) is 18.3 Å². The van der Waals surface area contributed by atoms with Gasteiger partial charge in [-0.25, -0.2) is 19.3 Å². The number of amides is 1. The normalized spacial score (nSPS) is 13.7. The summed E-state index contributed by atoms with van der Waals surface area (Å²) in [6.45, 7) is 3.74. The van der Waals surface area contributed by atoms with Crippen LogP contribution in [0.5, 0.6) is 5.75 Å². The van der Waals surface area contributed by atoms with E-state index in [4.69, 9.17) is 9.72 Å². The van der Waals surface area contributed by atoms with Crippen LogP contribution in [0, 0.1) is 5.82 Å². The van der Waals surface area contributed by atoms with Crippen LogP contribution >= 0.6 is 0 Å². The van der Waals surface area contributed by atoms with E-state index in [1.807, 2.05) is 38.4 Å². The molecular weight excluding hydrogens is 587 g/mol. The number of likely N-dealkylation sites (tertiary alicyclic amines) is 1. The molecule has 0 aliphatic carbocycles. The number of benzene rings is 1. The molecule has 1 amide bonds. The lowest BCUT2D eigenvalue weighted by Crippen LogP contribution is -2.27. The Kier molecular flexibility index (Phi) is 8.07. The first kappa shape index (κ1) is 29.4. The standard InChI is InChI=1S/C33H33FN10O2/c1-43(2)19-28(45)38-24-12-21(16-35-18-24)22-14-27-30(41-42-31(27)37-17-22)33-39-29-26(5-6-36-32(29)40-33)20-11-23(34)15-25(13-20)46-10-9-44-7-3-4-8-44/h5-6,11-18H,3-4,7-10,19H2,1-2H3,(H,38,45)(H,36,39,40)(H,37,41,42). The van der Waals surface area contributed by atoms with Gasteiger partial charge in [0, 0.05) is 47.9 Å². The van der Waals surface area contributed by atoms with Gasteiger partial charge in [0.1, 0.15) is 23.9 Å². The van der Waals surface area contributed by atoms with Crippen LogP contribution in [0.3, 0.4) is 0 Å². The summed E-state index contributed by atoms with van der Waals surface area (Å²) in [7, 11) is 3.67. The Balaban J connectivity index is 1.18. The molecule has 6 aromatic rings. The molecule has 234 valence electrons. The van der Waals surface area contributed by atoms with Crippen LogP contribution in [0.4, 0.5) is 10.1 Å². The van der Waals surface area contributed by atoms with Crippen molar-refractivity contribution in [2.75, 3.05) is 52.2 Å². The summed E-state index contributed by atoms with van der Waals surface area (Å²) < 4.78 is 20.7. The van der Waals surface area contributed by atoms with Crippen LogP contribution in [0.25, 0.3) is 56.0 Å². The Labute approximate surface area is 264 Å². The molecule has 7 rings (SSSR count). The van der Waals surface area contributed by atoms with Gasteiger partial charge in [0.25, 0.3) is 0 Å². The van der Waals surface area contributed by atoms with E-state index in [1.54, 1.807) is 29.7 Å². The molecule has 1 aliphatic rings. The van der Waals surface area contributed by atoms with Crippen LogP contribution in [0.2, 0.25) is 0 Å². The lowest BCUT2D eigenvalue weighted by Gasteiger charge is -2.15. The highest BCUT2D eigenvalue weighted by Gasteiger charge is 2.18. The van der Waals surface area contributed by atoms with Crippen molar-refractivity contribution in [3.63, 3.8) is 0 Å².